The van der Waals surface area contributed by atoms with E-state index in [9.17, 15) is 0 Å². The van der Waals surface area contributed by atoms with E-state index in [2.05, 4.69) is 35.4 Å². The highest BCUT2D eigenvalue weighted by Crippen LogP contribution is 2.21. The lowest BCUT2D eigenvalue weighted by atomic mass is 9.95. The highest BCUT2D eigenvalue weighted by Gasteiger charge is 2.15. The van der Waals surface area contributed by atoms with E-state index in [0.717, 1.165) is 12.2 Å². The molecular formula is C11H18Cl2N2. The first kappa shape index (κ1) is 14.7. The first-order valence-corrected chi connectivity index (χ1v) is 5.00. The molecule has 1 saturated heterocycles. The Kier molecular flexibility index (Phi) is 6.90. The van der Waals surface area contributed by atoms with Crippen LogP contribution in [0.4, 0.5) is 0 Å². The molecule has 1 unspecified atom stereocenters. The van der Waals surface area contributed by atoms with Crippen molar-refractivity contribution in [3.8, 4) is 0 Å². The van der Waals surface area contributed by atoms with Crippen molar-refractivity contribution < 1.29 is 0 Å². The Labute approximate surface area is 104 Å². The van der Waals surface area contributed by atoms with Gasteiger partial charge in [-0.2, -0.15) is 0 Å². The Balaban J connectivity index is 0.000000980. The highest BCUT2D eigenvalue weighted by atomic mass is 35.5. The predicted octanol–water partition coefficient (Wildman–Crippen LogP) is 2.70. The number of halogens is 2. The Morgan fingerprint density at radius 3 is 2.73 bits per heavy atom. The topological polar surface area (TPSA) is 24.9 Å². The second kappa shape index (κ2) is 7.04. The largest absolute Gasteiger partial charge is 0.316 e. The van der Waals surface area contributed by atoms with Gasteiger partial charge in [0, 0.05) is 23.9 Å². The molecule has 1 N–H and O–H groups in total. The van der Waals surface area contributed by atoms with E-state index < -0.39 is 0 Å². The van der Waals surface area contributed by atoms with Gasteiger partial charge in [0.2, 0.25) is 0 Å². The summed E-state index contributed by atoms with van der Waals surface area (Å²) in [5.41, 5.74) is 2.38. The van der Waals surface area contributed by atoms with Crippen molar-refractivity contribution in [2.45, 2.75) is 25.7 Å². The number of rotatable bonds is 1. The maximum Gasteiger partial charge on any atom is 0.0450 e. The minimum atomic E-state index is 0. The van der Waals surface area contributed by atoms with Gasteiger partial charge >= 0.3 is 0 Å². The van der Waals surface area contributed by atoms with E-state index in [0.29, 0.717) is 5.92 Å². The molecule has 1 aliphatic heterocycles. The van der Waals surface area contributed by atoms with Gasteiger partial charge in [0.1, 0.15) is 0 Å². The minimum absolute atomic E-state index is 0. The number of aryl methyl sites for hydroxylation is 1. The molecule has 0 aliphatic carbocycles. The Morgan fingerprint density at radius 1 is 1.33 bits per heavy atom. The molecule has 1 atom stereocenters. The molecule has 0 bridgehead atoms. The summed E-state index contributed by atoms with van der Waals surface area (Å²) in [7, 11) is 0. The smallest absolute Gasteiger partial charge is 0.0450 e. The standard InChI is InChI=1S/C11H16N2.2ClH/c1-9-4-2-6-11(13-9)10-5-3-7-12-8-10;;/h2,4,6,10,12H,3,5,7-8H2,1H3;2*1H. The summed E-state index contributed by atoms with van der Waals surface area (Å²) in [6.07, 6.45) is 2.56. The van der Waals surface area contributed by atoms with Crippen LogP contribution >= 0.6 is 24.8 Å². The number of hydrogen-bond acceptors (Lipinski definition) is 2. The van der Waals surface area contributed by atoms with Crippen LogP contribution in [0.2, 0.25) is 0 Å². The predicted molar refractivity (Wildman–Crippen MR) is 68.3 cm³/mol. The monoisotopic (exact) mass is 248 g/mol. The zero-order chi connectivity index (χ0) is 9.10. The molecule has 2 nitrogen and oxygen atoms in total. The molecule has 86 valence electrons. The third-order valence-electron chi connectivity index (χ3n) is 2.63. The summed E-state index contributed by atoms with van der Waals surface area (Å²) < 4.78 is 0. The van der Waals surface area contributed by atoms with Gasteiger partial charge in [0.15, 0.2) is 0 Å². The molecule has 1 aromatic heterocycles. The fraction of sp³-hybridized carbons (Fsp3) is 0.545. The van der Waals surface area contributed by atoms with Crippen molar-refractivity contribution in [3.05, 3.63) is 29.6 Å². The molecule has 0 amide bonds. The molecule has 0 spiro atoms. The first-order chi connectivity index (χ1) is 6.36. The molecule has 0 radical (unpaired) electrons. The number of nitrogens with zero attached hydrogens (tertiary/aromatic N) is 1. The molecule has 1 aromatic rings. The van der Waals surface area contributed by atoms with Gasteiger partial charge in [-0.15, -0.1) is 24.8 Å². The second-order valence-corrected chi connectivity index (χ2v) is 3.75. The molecule has 1 fully saturated rings. The molecule has 15 heavy (non-hydrogen) atoms. The van der Waals surface area contributed by atoms with Gasteiger partial charge in [-0.25, -0.2) is 0 Å². The molecular weight excluding hydrogens is 231 g/mol. The van der Waals surface area contributed by atoms with E-state index in [1.165, 1.54) is 25.1 Å². The molecule has 2 heterocycles. The van der Waals surface area contributed by atoms with Crippen LogP contribution in [0, 0.1) is 6.92 Å². The molecule has 2 rings (SSSR count). The summed E-state index contributed by atoms with van der Waals surface area (Å²) in [6, 6.07) is 6.30. The Bertz CT molecular complexity index is 286. The molecule has 0 saturated carbocycles. The lowest BCUT2D eigenvalue weighted by Gasteiger charge is -2.22. The van der Waals surface area contributed by atoms with Crippen LogP contribution in [0.5, 0.6) is 0 Å². The van der Waals surface area contributed by atoms with Crippen LogP contribution in [0.1, 0.15) is 30.1 Å². The van der Waals surface area contributed by atoms with Crippen LogP contribution in [-0.4, -0.2) is 18.1 Å². The third kappa shape index (κ3) is 3.98. The van der Waals surface area contributed by atoms with E-state index >= 15 is 0 Å². The van der Waals surface area contributed by atoms with Crippen molar-refractivity contribution in [2.24, 2.45) is 0 Å². The summed E-state index contributed by atoms with van der Waals surface area (Å²) >= 11 is 0. The van der Waals surface area contributed by atoms with Crippen LogP contribution in [0.3, 0.4) is 0 Å². The molecule has 4 heteroatoms. The van der Waals surface area contributed by atoms with E-state index in [-0.39, 0.29) is 24.8 Å². The maximum atomic E-state index is 4.56. The van der Waals surface area contributed by atoms with Gasteiger partial charge in [-0.3, -0.25) is 4.98 Å². The fourth-order valence-corrected chi connectivity index (χ4v) is 1.90. The number of hydrogen-bond donors (Lipinski definition) is 1. The van der Waals surface area contributed by atoms with Crippen molar-refractivity contribution in [2.75, 3.05) is 13.1 Å². The quantitative estimate of drug-likeness (QED) is 0.827. The molecule has 0 aromatic carbocycles. The normalized spacial score (nSPS) is 19.9. The SMILES string of the molecule is Cc1cccc(C2CCCNC2)n1.Cl.Cl. The number of nitrogens with one attached hydrogen (secondary N) is 1. The van der Waals surface area contributed by atoms with Crippen molar-refractivity contribution in [1.82, 2.24) is 10.3 Å². The zero-order valence-corrected chi connectivity index (χ0v) is 10.5. The van der Waals surface area contributed by atoms with Crippen molar-refractivity contribution in [3.63, 3.8) is 0 Å². The lowest BCUT2D eigenvalue weighted by Crippen LogP contribution is -2.28. The summed E-state index contributed by atoms with van der Waals surface area (Å²) in [5.74, 6) is 0.633. The average molecular weight is 249 g/mol. The molecule has 1 aliphatic rings. The van der Waals surface area contributed by atoms with Crippen LogP contribution < -0.4 is 5.32 Å². The number of piperidine rings is 1. The zero-order valence-electron chi connectivity index (χ0n) is 8.90. The number of pyridine rings is 1. The van der Waals surface area contributed by atoms with Gasteiger partial charge in [-0.1, -0.05) is 6.07 Å². The van der Waals surface area contributed by atoms with Crippen LogP contribution in [0.25, 0.3) is 0 Å². The number of aromatic nitrogens is 1. The van der Waals surface area contributed by atoms with Crippen LogP contribution in [-0.2, 0) is 0 Å². The average Bonchev–Trinajstić information content (AvgIpc) is 2.19. The van der Waals surface area contributed by atoms with E-state index in [1.54, 1.807) is 0 Å². The summed E-state index contributed by atoms with van der Waals surface area (Å²) in [4.78, 5) is 4.56. The van der Waals surface area contributed by atoms with Gasteiger partial charge < -0.3 is 5.32 Å². The fourth-order valence-electron chi connectivity index (χ4n) is 1.90. The van der Waals surface area contributed by atoms with Gasteiger partial charge in [-0.05, 0) is 38.4 Å². The summed E-state index contributed by atoms with van der Waals surface area (Å²) in [6.45, 7) is 4.32. The minimum Gasteiger partial charge on any atom is -0.316 e. The van der Waals surface area contributed by atoms with E-state index in [4.69, 9.17) is 0 Å². The maximum absolute atomic E-state index is 4.56. The van der Waals surface area contributed by atoms with Gasteiger partial charge in [0.25, 0.3) is 0 Å². The van der Waals surface area contributed by atoms with Crippen molar-refractivity contribution in [1.29, 1.82) is 0 Å². The lowest BCUT2D eigenvalue weighted by molar-refractivity contribution is 0.454. The van der Waals surface area contributed by atoms with Crippen LogP contribution in [0.15, 0.2) is 18.2 Å². The summed E-state index contributed by atoms with van der Waals surface area (Å²) in [5, 5.41) is 3.41. The van der Waals surface area contributed by atoms with Gasteiger partial charge in [0.05, 0.1) is 0 Å². The first-order valence-electron chi connectivity index (χ1n) is 5.00. The Morgan fingerprint density at radius 2 is 2.13 bits per heavy atom. The van der Waals surface area contributed by atoms with Crippen molar-refractivity contribution >= 4 is 24.8 Å². The van der Waals surface area contributed by atoms with E-state index in [1.807, 2.05) is 0 Å². The highest BCUT2D eigenvalue weighted by molar-refractivity contribution is 5.85. The second-order valence-electron chi connectivity index (χ2n) is 3.75. The Hall–Kier alpha value is -0.310. The third-order valence-corrected chi connectivity index (χ3v) is 2.63.